The molecule has 0 spiro atoms. The fourth-order valence-corrected chi connectivity index (χ4v) is 1.84. The summed E-state index contributed by atoms with van der Waals surface area (Å²) < 4.78 is 10.4. The van der Waals surface area contributed by atoms with E-state index in [0.717, 1.165) is 5.56 Å². The molecule has 24 heavy (non-hydrogen) atoms. The molecular formula is C17H19N3O4. The highest BCUT2D eigenvalue weighted by Gasteiger charge is 2.07. The van der Waals surface area contributed by atoms with Gasteiger partial charge in [0, 0.05) is 6.20 Å². The van der Waals surface area contributed by atoms with Gasteiger partial charge in [-0.05, 0) is 48.9 Å². The van der Waals surface area contributed by atoms with Gasteiger partial charge in [-0.15, -0.1) is 0 Å². The Kier molecular flexibility index (Phi) is 6.13. The Labute approximate surface area is 140 Å². The number of nitrogens with zero attached hydrogens (tertiary/aromatic N) is 1. The standard InChI is InChI=1S/C17H19N3O4/c1-12-7-8-18-15(9-12)20-16(21)10-19-17(22)11-24-14-5-3-13(23-2)4-6-14/h3-9H,10-11H2,1-2H3,(H,19,22)(H,18,20,21). The van der Waals surface area contributed by atoms with Crippen molar-refractivity contribution >= 4 is 17.6 Å². The predicted octanol–water partition coefficient (Wildman–Crippen LogP) is 1.53. The SMILES string of the molecule is COc1ccc(OCC(=O)NCC(=O)Nc2cc(C)ccn2)cc1. The summed E-state index contributed by atoms with van der Waals surface area (Å²) in [7, 11) is 1.57. The summed E-state index contributed by atoms with van der Waals surface area (Å²) in [5, 5.41) is 5.09. The van der Waals surface area contributed by atoms with E-state index in [1.807, 2.05) is 13.0 Å². The number of carbonyl (C=O) groups is 2. The van der Waals surface area contributed by atoms with Crippen molar-refractivity contribution < 1.29 is 19.1 Å². The summed E-state index contributed by atoms with van der Waals surface area (Å²) in [5.41, 5.74) is 0.984. The first-order chi connectivity index (χ1) is 11.6. The van der Waals surface area contributed by atoms with E-state index in [-0.39, 0.29) is 19.1 Å². The third-order valence-electron chi connectivity index (χ3n) is 3.06. The third-order valence-corrected chi connectivity index (χ3v) is 3.06. The number of pyridine rings is 1. The molecule has 0 fully saturated rings. The lowest BCUT2D eigenvalue weighted by molar-refractivity contribution is -0.125. The summed E-state index contributed by atoms with van der Waals surface area (Å²) in [4.78, 5) is 27.5. The molecule has 0 aliphatic rings. The van der Waals surface area contributed by atoms with Gasteiger partial charge in [0.15, 0.2) is 6.61 Å². The molecule has 2 rings (SSSR count). The van der Waals surface area contributed by atoms with Gasteiger partial charge < -0.3 is 20.1 Å². The molecule has 2 aromatic rings. The molecule has 0 aliphatic heterocycles. The molecule has 1 heterocycles. The van der Waals surface area contributed by atoms with E-state index < -0.39 is 5.91 Å². The van der Waals surface area contributed by atoms with Gasteiger partial charge in [-0.2, -0.15) is 0 Å². The maximum absolute atomic E-state index is 11.8. The number of methoxy groups -OCH3 is 1. The molecule has 0 saturated carbocycles. The van der Waals surface area contributed by atoms with Crippen molar-refractivity contribution in [2.45, 2.75) is 6.92 Å². The molecule has 0 unspecified atom stereocenters. The van der Waals surface area contributed by atoms with Crippen LogP contribution in [0.2, 0.25) is 0 Å². The first kappa shape index (κ1) is 17.3. The zero-order chi connectivity index (χ0) is 17.4. The lowest BCUT2D eigenvalue weighted by Gasteiger charge is -2.08. The summed E-state index contributed by atoms with van der Waals surface area (Å²) in [5.74, 6) is 0.945. The Morgan fingerprint density at radius 3 is 2.46 bits per heavy atom. The molecule has 0 saturated heterocycles. The second kappa shape index (κ2) is 8.52. The van der Waals surface area contributed by atoms with Crippen LogP contribution in [0.1, 0.15) is 5.56 Å². The van der Waals surface area contributed by atoms with Crippen LogP contribution in [0.15, 0.2) is 42.6 Å². The van der Waals surface area contributed by atoms with E-state index in [2.05, 4.69) is 15.6 Å². The number of hydrogen-bond donors (Lipinski definition) is 2. The van der Waals surface area contributed by atoms with E-state index in [9.17, 15) is 9.59 Å². The fourth-order valence-electron chi connectivity index (χ4n) is 1.84. The van der Waals surface area contributed by atoms with E-state index in [0.29, 0.717) is 17.3 Å². The Hall–Kier alpha value is -3.09. The number of ether oxygens (including phenoxy) is 2. The van der Waals surface area contributed by atoms with Gasteiger partial charge in [0.2, 0.25) is 5.91 Å². The smallest absolute Gasteiger partial charge is 0.258 e. The second-order valence-electron chi connectivity index (χ2n) is 5.01. The predicted molar refractivity (Wildman–Crippen MR) is 89.1 cm³/mol. The van der Waals surface area contributed by atoms with E-state index in [4.69, 9.17) is 9.47 Å². The molecule has 1 aromatic carbocycles. The minimum absolute atomic E-state index is 0.152. The lowest BCUT2D eigenvalue weighted by atomic mass is 10.3. The van der Waals surface area contributed by atoms with Gasteiger partial charge in [-0.1, -0.05) is 0 Å². The largest absolute Gasteiger partial charge is 0.497 e. The maximum atomic E-state index is 11.8. The highest BCUT2D eigenvalue weighted by Crippen LogP contribution is 2.16. The zero-order valence-corrected chi connectivity index (χ0v) is 13.5. The number of hydrogen-bond acceptors (Lipinski definition) is 5. The molecule has 2 amide bonds. The number of benzene rings is 1. The van der Waals surface area contributed by atoms with Gasteiger partial charge in [0.1, 0.15) is 17.3 Å². The quantitative estimate of drug-likeness (QED) is 0.804. The van der Waals surface area contributed by atoms with Gasteiger partial charge in [-0.3, -0.25) is 9.59 Å². The van der Waals surface area contributed by atoms with Crippen LogP contribution in [0.3, 0.4) is 0 Å². The first-order valence-corrected chi connectivity index (χ1v) is 7.33. The Morgan fingerprint density at radius 2 is 1.79 bits per heavy atom. The van der Waals surface area contributed by atoms with E-state index in [1.165, 1.54) is 0 Å². The minimum atomic E-state index is -0.391. The van der Waals surface area contributed by atoms with E-state index in [1.54, 1.807) is 43.6 Å². The average molecular weight is 329 g/mol. The van der Waals surface area contributed by atoms with Gasteiger partial charge >= 0.3 is 0 Å². The lowest BCUT2D eigenvalue weighted by Crippen LogP contribution is -2.35. The number of rotatable bonds is 7. The highest BCUT2D eigenvalue weighted by atomic mass is 16.5. The molecule has 0 bridgehead atoms. The third kappa shape index (κ3) is 5.60. The van der Waals surface area contributed by atoms with Crippen molar-refractivity contribution in [3.63, 3.8) is 0 Å². The molecule has 126 valence electrons. The van der Waals surface area contributed by atoms with Crippen molar-refractivity contribution in [3.05, 3.63) is 48.2 Å². The van der Waals surface area contributed by atoms with E-state index >= 15 is 0 Å². The van der Waals surface area contributed by atoms with Gasteiger partial charge in [0.25, 0.3) is 5.91 Å². The van der Waals surface area contributed by atoms with Crippen molar-refractivity contribution in [2.75, 3.05) is 25.6 Å². The van der Waals surface area contributed by atoms with Crippen LogP contribution in [0, 0.1) is 6.92 Å². The Morgan fingerprint density at radius 1 is 1.08 bits per heavy atom. The first-order valence-electron chi connectivity index (χ1n) is 7.33. The van der Waals surface area contributed by atoms with Crippen LogP contribution in [0.5, 0.6) is 11.5 Å². The van der Waals surface area contributed by atoms with Crippen molar-refractivity contribution in [3.8, 4) is 11.5 Å². The number of aromatic nitrogens is 1. The molecule has 1 aromatic heterocycles. The minimum Gasteiger partial charge on any atom is -0.497 e. The van der Waals surface area contributed by atoms with Crippen molar-refractivity contribution in [2.24, 2.45) is 0 Å². The molecule has 0 radical (unpaired) electrons. The second-order valence-corrected chi connectivity index (χ2v) is 5.01. The normalized spacial score (nSPS) is 9.92. The van der Waals surface area contributed by atoms with Gasteiger partial charge in [-0.25, -0.2) is 4.98 Å². The van der Waals surface area contributed by atoms with Crippen molar-refractivity contribution in [1.82, 2.24) is 10.3 Å². The molecular weight excluding hydrogens is 310 g/mol. The molecule has 2 N–H and O–H groups in total. The Balaban J connectivity index is 1.71. The summed E-state index contributed by atoms with van der Waals surface area (Å²) in [6.07, 6.45) is 1.60. The summed E-state index contributed by atoms with van der Waals surface area (Å²) in [6, 6.07) is 10.4. The molecule has 7 heteroatoms. The number of carbonyl (C=O) groups excluding carboxylic acids is 2. The molecule has 0 aliphatic carbocycles. The maximum Gasteiger partial charge on any atom is 0.258 e. The monoisotopic (exact) mass is 329 g/mol. The summed E-state index contributed by atoms with van der Waals surface area (Å²) >= 11 is 0. The van der Waals surface area contributed by atoms with Crippen LogP contribution in [-0.2, 0) is 9.59 Å². The van der Waals surface area contributed by atoms with Crippen molar-refractivity contribution in [1.29, 1.82) is 0 Å². The van der Waals surface area contributed by atoms with Crippen LogP contribution in [-0.4, -0.2) is 37.1 Å². The number of anilines is 1. The number of aryl methyl sites for hydroxylation is 1. The van der Waals surface area contributed by atoms with Crippen LogP contribution in [0.25, 0.3) is 0 Å². The van der Waals surface area contributed by atoms with Crippen LogP contribution in [0.4, 0.5) is 5.82 Å². The summed E-state index contributed by atoms with van der Waals surface area (Å²) in [6.45, 7) is 1.57. The topological polar surface area (TPSA) is 89.5 Å². The number of nitrogens with one attached hydrogen (secondary N) is 2. The highest BCUT2D eigenvalue weighted by molar-refractivity contribution is 5.94. The molecule has 0 atom stereocenters. The van der Waals surface area contributed by atoms with Gasteiger partial charge in [0.05, 0.1) is 13.7 Å². The molecule has 7 nitrogen and oxygen atoms in total. The fraction of sp³-hybridized carbons (Fsp3) is 0.235. The zero-order valence-electron chi connectivity index (χ0n) is 13.5. The average Bonchev–Trinajstić information content (AvgIpc) is 2.58. The van der Waals surface area contributed by atoms with Crippen LogP contribution < -0.4 is 20.1 Å². The number of amides is 2. The Bertz CT molecular complexity index is 701. The van der Waals surface area contributed by atoms with Crippen LogP contribution >= 0.6 is 0 Å².